The van der Waals surface area contributed by atoms with Crippen LogP contribution >= 0.6 is 0 Å². The van der Waals surface area contributed by atoms with Crippen molar-refractivity contribution in [3.8, 4) is 5.75 Å². The van der Waals surface area contributed by atoms with Crippen LogP contribution in [-0.4, -0.2) is 48.4 Å². The highest BCUT2D eigenvalue weighted by molar-refractivity contribution is 5.91. The van der Waals surface area contributed by atoms with Crippen LogP contribution in [0.5, 0.6) is 5.75 Å². The fraction of sp³-hybridized carbons (Fsp3) is 0.346. The highest BCUT2D eigenvalue weighted by Gasteiger charge is 2.15. The third-order valence-corrected chi connectivity index (χ3v) is 5.87. The zero-order valence-corrected chi connectivity index (χ0v) is 18.9. The van der Waals surface area contributed by atoms with Gasteiger partial charge in [-0.05, 0) is 54.1 Å². The number of rotatable bonds is 9. The number of amides is 1. The summed E-state index contributed by atoms with van der Waals surface area (Å²) < 4.78 is 24.1. The van der Waals surface area contributed by atoms with Crippen LogP contribution in [0, 0.1) is 5.82 Å². The molecule has 3 aromatic rings. The lowest BCUT2D eigenvalue weighted by Gasteiger charge is -2.34. The summed E-state index contributed by atoms with van der Waals surface area (Å²) in [6.45, 7) is 9.35. The maximum absolute atomic E-state index is 13.0. The van der Waals surface area contributed by atoms with E-state index in [0.717, 1.165) is 44.8 Å². The molecule has 0 aliphatic carbocycles. The summed E-state index contributed by atoms with van der Waals surface area (Å²) in [6.07, 6.45) is 0. The SMILES string of the molecule is CCN1CCN(Cc2ccc(CNC(=O)c3ccc(COc4ccc(F)cc4)o3)cc2)CC1. The Labute approximate surface area is 193 Å². The zero-order valence-electron chi connectivity index (χ0n) is 18.9. The Kier molecular flexibility index (Phi) is 7.75. The van der Waals surface area contributed by atoms with Crippen molar-refractivity contribution in [2.45, 2.75) is 26.6 Å². The Bertz CT molecular complexity index is 1030. The van der Waals surface area contributed by atoms with Crippen LogP contribution in [0.4, 0.5) is 4.39 Å². The average molecular weight is 452 g/mol. The quantitative estimate of drug-likeness (QED) is 0.532. The van der Waals surface area contributed by atoms with Crippen molar-refractivity contribution in [2.75, 3.05) is 32.7 Å². The first-order valence-corrected chi connectivity index (χ1v) is 11.4. The molecule has 2 heterocycles. The molecule has 0 unspecified atom stereocenters. The van der Waals surface area contributed by atoms with E-state index in [4.69, 9.17) is 9.15 Å². The normalized spacial score (nSPS) is 14.8. The van der Waals surface area contributed by atoms with E-state index < -0.39 is 0 Å². The molecule has 174 valence electrons. The maximum Gasteiger partial charge on any atom is 0.287 e. The van der Waals surface area contributed by atoms with Gasteiger partial charge in [-0.1, -0.05) is 31.2 Å². The number of carbonyl (C=O) groups is 1. The standard InChI is InChI=1S/C26H30FN3O3/c1-2-29-13-15-30(16-14-29)18-21-5-3-20(4-6-21)17-28-26(31)25-12-11-24(33-25)19-32-23-9-7-22(27)8-10-23/h3-12H,2,13-19H2,1H3,(H,28,31). The molecule has 1 fully saturated rings. The molecule has 0 saturated carbocycles. The number of ether oxygens (including phenoxy) is 1. The first kappa shape index (κ1) is 23.0. The Morgan fingerprint density at radius 1 is 0.939 bits per heavy atom. The number of hydrogen-bond donors (Lipinski definition) is 1. The minimum Gasteiger partial charge on any atom is -0.486 e. The van der Waals surface area contributed by atoms with Gasteiger partial charge in [0.05, 0.1) is 0 Å². The molecule has 0 bridgehead atoms. The molecule has 1 N–H and O–H groups in total. The topological polar surface area (TPSA) is 58.0 Å². The molecule has 2 aromatic carbocycles. The number of hydrogen-bond acceptors (Lipinski definition) is 5. The van der Waals surface area contributed by atoms with Gasteiger partial charge in [-0.3, -0.25) is 9.69 Å². The molecule has 1 amide bonds. The van der Waals surface area contributed by atoms with Gasteiger partial charge < -0.3 is 19.4 Å². The highest BCUT2D eigenvalue weighted by atomic mass is 19.1. The lowest BCUT2D eigenvalue weighted by Crippen LogP contribution is -2.45. The third kappa shape index (κ3) is 6.66. The Morgan fingerprint density at radius 3 is 2.30 bits per heavy atom. The fourth-order valence-electron chi connectivity index (χ4n) is 3.82. The molecule has 0 radical (unpaired) electrons. The molecule has 1 aliphatic rings. The smallest absolute Gasteiger partial charge is 0.287 e. The largest absolute Gasteiger partial charge is 0.486 e. The number of piperazine rings is 1. The first-order chi connectivity index (χ1) is 16.1. The van der Waals surface area contributed by atoms with Crippen LogP contribution in [-0.2, 0) is 19.7 Å². The van der Waals surface area contributed by atoms with Crippen molar-refractivity contribution in [1.29, 1.82) is 0 Å². The lowest BCUT2D eigenvalue weighted by molar-refractivity contribution is 0.0919. The van der Waals surface area contributed by atoms with Crippen LogP contribution in [0.15, 0.2) is 65.1 Å². The summed E-state index contributed by atoms with van der Waals surface area (Å²) in [5.74, 6) is 0.690. The van der Waals surface area contributed by atoms with E-state index in [1.807, 2.05) is 0 Å². The monoisotopic (exact) mass is 451 g/mol. The number of furan rings is 1. The Hall–Kier alpha value is -3.16. The molecule has 6 nitrogen and oxygen atoms in total. The first-order valence-electron chi connectivity index (χ1n) is 11.4. The number of carbonyl (C=O) groups excluding carboxylic acids is 1. The second-order valence-electron chi connectivity index (χ2n) is 8.22. The van der Waals surface area contributed by atoms with E-state index in [-0.39, 0.29) is 24.1 Å². The number of nitrogens with one attached hydrogen (secondary N) is 1. The van der Waals surface area contributed by atoms with Gasteiger partial charge in [0.25, 0.3) is 5.91 Å². The van der Waals surface area contributed by atoms with E-state index in [2.05, 4.69) is 46.3 Å². The van der Waals surface area contributed by atoms with Gasteiger partial charge in [-0.25, -0.2) is 4.39 Å². The highest BCUT2D eigenvalue weighted by Crippen LogP contribution is 2.16. The second-order valence-corrected chi connectivity index (χ2v) is 8.22. The summed E-state index contributed by atoms with van der Waals surface area (Å²) in [7, 11) is 0. The molecule has 1 aromatic heterocycles. The number of nitrogens with zero attached hydrogens (tertiary/aromatic N) is 2. The molecular formula is C26H30FN3O3. The average Bonchev–Trinajstić information content (AvgIpc) is 3.33. The molecule has 4 rings (SSSR count). The van der Waals surface area contributed by atoms with Crippen molar-refractivity contribution < 1.29 is 18.3 Å². The van der Waals surface area contributed by atoms with Crippen molar-refractivity contribution in [1.82, 2.24) is 15.1 Å². The van der Waals surface area contributed by atoms with E-state index >= 15 is 0 Å². The summed E-state index contributed by atoms with van der Waals surface area (Å²) in [5.41, 5.74) is 2.32. The van der Waals surface area contributed by atoms with Crippen molar-refractivity contribution in [3.05, 3.63) is 89.1 Å². The van der Waals surface area contributed by atoms with Crippen LogP contribution in [0.3, 0.4) is 0 Å². The van der Waals surface area contributed by atoms with E-state index in [0.29, 0.717) is 18.1 Å². The summed E-state index contributed by atoms with van der Waals surface area (Å²) in [5, 5.41) is 2.89. The van der Waals surface area contributed by atoms with Crippen LogP contribution in [0.1, 0.15) is 34.4 Å². The van der Waals surface area contributed by atoms with Gasteiger partial charge in [0.15, 0.2) is 5.76 Å². The van der Waals surface area contributed by atoms with Crippen molar-refractivity contribution in [2.24, 2.45) is 0 Å². The molecule has 0 spiro atoms. The van der Waals surface area contributed by atoms with E-state index in [1.54, 1.807) is 24.3 Å². The lowest BCUT2D eigenvalue weighted by atomic mass is 10.1. The van der Waals surface area contributed by atoms with Gasteiger partial charge in [-0.15, -0.1) is 0 Å². The van der Waals surface area contributed by atoms with Crippen molar-refractivity contribution in [3.63, 3.8) is 0 Å². The van der Waals surface area contributed by atoms with Crippen LogP contribution < -0.4 is 10.1 Å². The van der Waals surface area contributed by atoms with Gasteiger partial charge in [0, 0.05) is 39.3 Å². The predicted octanol–water partition coefficient (Wildman–Crippen LogP) is 4.07. The van der Waals surface area contributed by atoms with Gasteiger partial charge >= 0.3 is 0 Å². The van der Waals surface area contributed by atoms with Crippen molar-refractivity contribution >= 4 is 5.91 Å². The third-order valence-electron chi connectivity index (χ3n) is 5.87. The minimum atomic E-state index is -0.320. The van der Waals surface area contributed by atoms with Gasteiger partial charge in [-0.2, -0.15) is 0 Å². The Balaban J connectivity index is 1.21. The number of halogens is 1. The van der Waals surface area contributed by atoms with Gasteiger partial charge in [0.1, 0.15) is 23.9 Å². The molecule has 1 aliphatic heterocycles. The number of benzene rings is 2. The zero-order chi connectivity index (χ0) is 23.0. The number of likely N-dealkylation sites (N-methyl/N-ethyl adjacent to an activating group) is 1. The fourth-order valence-corrected chi connectivity index (χ4v) is 3.82. The molecular weight excluding hydrogens is 421 g/mol. The minimum absolute atomic E-state index is 0.161. The molecule has 1 saturated heterocycles. The maximum atomic E-state index is 13.0. The predicted molar refractivity (Wildman–Crippen MR) is 124 cm³/mol. The second kappa shape index (κ2) is 11.1. The van der Waals surface area contributed by atoms with Crippen LogP contribution in [0.2, 0.25) is 0 Å². The van der Waals surface area contributed by atoms with E-state index in [9.17, 15) is 9.18 Å². The summed E-state index contributed by atoms with van der Waals surface area (Å²) in [4.78, 5) is 17.4. The van der Waals surface area contributed by atoms with Gasteiger partial charge in [0.2, 0.25) is 0 Å². The van der Waals surface area contributed by atoms with Crippen LogP contribution in [0.25, 0.3) is 0 Å². The summed E-state index contributed by atoms with van der Waals surface area (Å²) in [6, 6.07) is 17.5. The summed E-state index contributed by atoms with van der Waals surface area (Å²) >= 11 is 0. The van der Waals surface area contributed by atoms with E-state index in [1.165, 1.54) is 17.7 Å². The molecule has 33 heavy (non-hydrogen) atoms. The molecule has 0 atom stereocenters. The molecule has 7 heteroatoms. The Morgan fingerprint density at radius 2 is 1.61 bits per heavy atom.